The van der Waals surface area contributed by atoms with Crippen LogP contribution in [0.5, 0.6) is 0 Å². The van der Waals surface area contributed by atoms with Gasteiger partial charge in [0.2, 0.25) is 17.5 Å². The lowest BCUT2D eigenvalue weighted by Crippen LogP contribution is -2.08. The van der Waals surface area contributed by atoms with E-state index in [-0.39, 0.29) is 12.0 Å². The van der Waals surface area contributed by atoms with Gasteiger partial charge in [0, 0.05) is 11.5 Å². The summed E-state index contributed by atoms with van der Waals surface area (Å²) in [6, 6.07) is -0.0823. The number of rotatable bonds is 3. The van der Waals surface area contributed by atoms with E-state index in [2.05, 4.69) is 29.3 Å². The van der Waals surface area contributed by atoms with Gasteiger partial charge in [0.25, 0.3) is 0 Å². The highest BCUT2D eigenvalue weighted by Gasteiger charge is 2.11. The number of nitrogens with two attached hydrogens (primary N) is 1. The molecule has 2 aromatic rings. The predicted molar refractivity (Wildman–Crippen MR) is 50.7 cm³/mol. The summed E-state index contributed by atoms with van der Waals surface area (Å²) < 4.78 is 8.45. The molecule has 0 aliphatic rings. The summed E-state index contributed by atoms with van der Waals surface area (Å²) >= 11 is 1.19. The molecule has 0 saturated carbocycles. The molecule has 0 radical (unpaired) electrons. The summed E-state index contributed by atoms with van der Waals surface area (Å²) in [5, 5.41) is 7.38. The minimum atomic E-state index is -0.0823. The zero-order valence-corrected chi connectivity index (χ0v) is 8.15. The largest absolute Gasteiger partial charge is 0.367 e. The number of anilines is 2. The Kier molecular flexibility index (Phi) is 2.27. The van der Waals surface area contributed by atoms with Crippen molar-refractivity contribution >= 4 is 22.6 Å². The highest BCUT2D eigenvalue weighted by molar-refractivity contribution is 7.09. The van der Waals surface area contributed by atoms with E-state index in [0.29, 0.717) is 11.0 Å². The highest BCUT2D eigenvalue weighted by Crippen LogP contribution is 2.18. The molecular weight excluding hydrogens is 204 g/mol. The fraction of sp³-hybridized carbons (Fsp3) is 0.333. The van der Waals surface area contributed by atoms with Crippen molar-refractivity contribution in [2.75, 3.05) is 11.1 Å². The fourth-order valence-corrected chi connectivity index (χ4v) is 1.50. The van der Waals surface area contributed by atoms with Crippen LogP contribution in [0.3, 0.4) is 0 Å². The van der Waals surface area contributed by atoms with Gasteiger partial charge in [0.05, 0.1) is 6.04 Å². The molecule has 0 aliphatic carbocycles. The number of hydrogen-bond donors (Lipinski definition) is 2. The number of nitrogen functional groups attached to an aromatic ring is 1. The van der Waals surface area contributed by atoms with Crippen molar-refractivity contribution in [2.24, 2.45) is 0 Å². The van der Waals surface area contributed by atoms with Crippen LogP contribution >= 0.6 is 11.5 Å². The second-order valence-corrected chi connectivity index (χ2v) is 3.37. The van der Waals surface area contributed by atoms with E-state index in [1.807, 2.05) is 6.92 Å². The van der Waals surface area contributed by atoms with Crippen molar-refractivity contribution in [3.8, 4) is 0 Å². The fourth-order valence-electron chi connectivity index (χ4n) is 0.913. The van der Waals surface area contributed by atoms with Crippen LogP contribution in [0.25, 0.3) is 0 Å². The van der Waals surface area contributed by atoms with Crippen molar-refractivity contribution < 1.29 is 4.52 Å². The maximum Gasteiger partial charge on any atom is 0.233 e. The normalized spacial score (nSPS) is 12.6. The Morgan fingerprint density at radius 3 is 3.07 bits per heavy atom. The van der Waals surface area contributed by atoms with Gasteiger partial charge < -0.3 is 15.6 Å². The SMILES string of the molecule is CC(Nc1nc(N)ns1)c1ncon1. The number of nitrogens with zero attached hydrogens (tertiary/aromatic N) is 4. The van der Waals surface area contributed by atoms with Crippen molar-refractivity contribution in [3.63, 3.8) is 0 Å². The molecule has 74 valence electrons. The summed E-state index contributed by atoms with van der Waals surface area (Å²) in [6.07, 6.45) is 1.28. The molecule has 0 bridgehead atoms. The molecule has 0 aromatic carbocycles. The van der Waals surface area contributed by atoms with Gasteiger partial charge in [0.15, 0.2) is 5.82 Å². The van der Waals surface area contributed by atoms with Crippen LogP contribution in [0.15, 0.2) is 10.9 Å². The molecule has 2 heterocycles. The Bertz CT molecular complexity index is 398. The van der Waals surface area contributed by atoms with E-state index in [0.717, 1.165) is 0 Å². The van der Waals surface area contributed by atoms with E-state index in [4.69, 9.17) is 5.73 Å². The Morgan fingerprint density at radius 2 is 2.50 bits per heavy atom. The lowest BCUT2D eigenvalue weighted by Gasteiger charge is -2.06. The number of hydrogen-bond acceptors (Lipinski definition) is 8. The average Bonchev–Trinajstić information content (AvgIpc) is 2.75. The van der Waals surface area contributed by atoms with Crippen LogP contribution in [-0.4, -0.2) is 19.5 Å². The minimum absolute atomic E-state index is 0.0823. The van der Waals surface area contributed by atoms with Gasteiger partial charge in [-0.3, -0.25) is 0 Å². The molecule has 14 heavy (non-hydrogen) atoms. The van der Waals surface area contributed by atoms with Gasteiger partial charge in [-0.05, 0) is 6.92 Å². The van der Waals surface area contributed by atoms with Gasteiger partial charge in [-0.15, -0.1) is 0 Å². The molecule has 0 spiro atoms. The molecule has 0 fully saturated rings. The van der Waals surface area contributed by atoms with Gasteiger partial charge in [-0.25, -0.2) is 0 Å². The van der Waals surface area contributed by atoms with Gasteiger partial charge in [-0.1, -0.05) is 5.16 Å². The molecule has 3 N–H and O–H groups in total. The summed E-state index contributed by atoms with van der Waals surface area (Å²) in [5.74, 6) is 0.830. The zero-order valence-electron chi connectivity index (χ0n) is 7.34. The smallest absolute Gasteiger partial charge is 0.233 e. The quantitative estimate of drug-likeness (QED) is 0.770. The van der Waals surface area contributed by atoms with E-state index < -0.39 is 0 Å². The summed E-state index contributed by atoms with van der Waals surface area (Å²) in [5.41, 5.74) is 5.37. The van der Waals surface area contributed by atoms with Crippen LogP contribution in [0, 0.1) is 0 Å². The lowest BCUT2D eigenvalue weighted by atomic mass is 10.3. The van der Waals surface area contributed by atoms with Gasteiger partial charge in [-0.2, -0.15) is 14.3 Å². The highest BCUT2D eigenvalue weighted by atomic mass is 32.1. The van der Waals surface area contributed by atoms with Crippen LogP contribution in [0.2, 0.25) is 0 Å². The van der Waals surface area contributed by atoms with E-state index >= 15 is 0 Å². The van der Waals surface area contributed by atoms with E-state index in [9.17, 15) is 0 Å². The van der Waals surface area contributed by atoms with Crippen LogP contribution in [0.1, 0.15) is 18.8 Å². The zero-order chi connectivity index (χ0) is 9.97. The lowest BCUT2D eigenvalue weighted by molar-refractivity contribution is 0.407. The second-order valence-electron chi connectivity index (χ2n) is 2.61. The molecule has 0 saturated heterocycles. The molecular formula is C6H8N6OS. The summed E-state index contributed by atoms with van der Waals surface area (Å²) in [7, 11) is 0. The standard InChI is InChI=1S/C6H8N6OS/c1-3(4-8-2-13-11-4)9-6-10-5(7)12-14-6/h2-3H,1H3,(H3,7,9,10,12). The van der Waals surface area contributed by atoms with E-state index in [1.54, 1.807) is 0 Å². The second kappa shape index (κ2) is 3.58. The summed E-state index contributed by atoms with van der Waals surface area (Å²) in [4.78, 5) is 7.85. The summed E-state index contributed by atoms with van der Waals surface area (Å²) in [6.45, 7) is 1.89. The Labute approximate surface area is 83.5 Å². The third-order valence-electron chi connectivity index (χ3n) is 1.55. The first-order chi connectivity index (χ1) is 6.75. The maximum absolute atomic E-state index is 5.37. The molecule has 0 aliphatic heterocycles. The van der Waals surface area contributed by atoms with Crippen LogP contribution < -0.4 is 11.1 Å². The molecule has 2 rings (SSSR count). The number of aromatic nitrogens is 4. The van der Waals surface area contributed by atoms with Crippen molar-refractivity contribution in [3.05, 3.63) is 12.2 Å². The topological polar surface area (TPSA) is 103 Å². The molecule has 0 amide bonds. The first-order valence-electron chi connectivity index (χ1n) is 3.87. The maximum atomic E-state index is 5.37. The van der Waals surface area contributed by atoms with Crippen molar-refractivity contribution in [1.82, 2.24) is 19.5 Å². The monoisotopic (exact) mass is 212 g/mol. The molecule has 7 nitrogen and oxygen atoms in total. The van der Waals surface area contributed by atoms with Crippen molar-refractivity contribution in [1.29, 1.82) is 0 Å². The Hall–Kier alpha value is -1.70. The molecule has 8 heteroatoms. The third kappa shape index (κ3) is 1.79. The van der Waals surface area contributed by atoms with Gasteiger partial charge in [0.1, 0.15) is 0 Å². The first-order valence-corrected chi connectivity index (χ1v) is 4.65. The van der Waals surface area contributed by atoms with Crippen LogP contribution in [-0.2, 0) is 0 Å². The molecule has 2 aromatic heterocycles. The van der Waals surface area contributed by atoms with Crippen molar-refractivity contribution in [2.45, 2.75) is 13.0 Å². The van der Waals surface area contributed by atoms with Gasteiger partial charge >= 0.3 is 0 Å². The predicted octanol–water partition coefficient (Wildman–Crippen LogP) is 0.676. The molecule has 1 unspecified atom stereocenters. The number of nitrogens with one attached hydrogen (secondary N) is 1. The Morgan fingerprint density at radius 1 is 1.64 bits per heavy atom. The Balaban J connectivity index is 2.05. The first kappa shape index (κ1) is 8.88. The van der Waals surface area contributed by atoms with Crippen LogP contribution in [0.4, 0.5) is 11.1 Å². The minimum Gasteiger partial charge on any atom is -0.367 e. The third-order valence-corrected chi connectivity index (χ3v) is 2.21. The molecule has 1 atom stereocenters. The average molecular weight is 212 g/mol. The van der Waals surface area contributed by atoms with E-state index in [1.165, 1.54) is 17.9 Å².